The van der Waals surface area contributed by atoms with E-state index >= 15 is 0 Å². The molecule has 0 aliphatic heterocycles. The maximum atomic E-state index is 13.1. The van der Waals surface area contributed by atoms with Crippen LogP contribution in [0.1, 0.15) is 22.3 Å². The highest BCUT2D eigenvalue weighted by atomic mass is 35.5. The van der Waals surface area contributed by atoms with E-state index in [4.69, 9.17) is 16.3 Å². The van der Waals surface area contributed by atoms with Crippen molar-refractivity contribution >= 4 is 11.6 Å². The minimum absolute atomic E-state index is 0.288. The summed E-state index contributed by atoms with van der Waals surface area (Å²) in [4.78, 5) is 2.00. The normalized spacial score (nSPS) is 11.8. The smallest absolute Gasteiger partial charge is 0.417 e. The van der Waals surface area contributed by atoms with Gasteiger partial charge in [-0.1, -0.05) is 29.8 Å². The van der Waals surface area contributed by atoms with E-state index in [1.807, 2.05) is 44.1 Å². The van der Waals surface area contributed by atoms with Crippen molar-refractivity contribution in [2.45, 2.75) is 19.5 Å². The summed E-state index contributed by atoms with van der Waals surface area (Å²) in [6.45, 7) is 3.19. The molecule has 136 valence electrons. The summed E-state index contributed by atoms with van der Waals surface area (Å²) in [5.41, 5.74) is 1.60. The maximum Gasteiger partial charge on any atom is 0.417 e. The summed E-state index contributed by atoms with van der Waals surface area (Å²) < 4.78 is 45.0. The average molecular weight is 372 g/mol. The van der Waals surface area contributed by atoms with E-state index in [2.05, 4.69) is 0 Å². The third kappa shape index (κ3) is 5.38. The highest BCUT2D eigenvalue weighted by Crippen LogP contribution is 2.36. The molecule has 0 saturated carbocycles. The van der Waals surface area contributed by atoms with Gasteiger partial charge in [-0.25, -0.2) is 0 Å². The number of benzene rings is 2. The first-order valence-corrected chi connectivity index (χ1v) is 8.28. The highest BCUT2D eigenvalue weighted by molar-refractivity contribution is 6.31. The van der Waals surface area contributed by atoms with Gasteiger partial charge in [0.15, 0.2) is 0 Å². The van der Waals surface area contributed by atoms with Gasteiger partial charge in [-0.15, -0.1) is 0 Å². The molecular weight excluding hydrogens is 351 g/mol. The van der Waals surface area contributed by atoms with Gasteiger partial charge >= 0.3 is 6.18 Å². The van der Waals surface area contributed by atoms with Gasteiger partial charge in [0, 0.05) is 18.5 Å². The first-order valence-electron chi connectivity index (χ1n) is 7.90. The van der Waals surface area contributed by atoms with E-state index < -0.39 is 11.7 Å². The zero-order valence-corrected chi connectivity index (χ0v) is 15.2. The molecule has 0 atom stereocenters. The van der Waals surface area contributed by atoms with Crippen LogP contribution in [0.25, 0.3) is 0 Å². The van der Waals surface area contributed by atoms with Crippen molar-refractivity contribution < 1.29 is 17.9 Å². The van der Waals surface area contributed by atoms with Crippen LogP contribution in [0.3, 0.4) is 0 Å². The lowest BCUT2D eigenvalue weighted by atomic mass is 9.98. The molecule has 0 bridgehead atoms. The lowest BCUT2D eigenvalue weighted by Gasteiger charge is -2.17. The third-order valence-electron chi connectivity index (χ3n) is 3.88. The van der Waals surface area contributed by atoms with Gasteiger partial charge in [-0.05, 0) is 50.3 Å². The second-order valence-electron chi connectivity index (χ2n) is 6.19. The number of alkyl halides is 3. The lowest BCUT2D eigenvalue weighted by molar-refractivity contribution is -0.137. The van der Waals surface area contributed by atoms with Crippen molar-refractivity contribution in [1.82, 2.24) is 4.90 Å². The van der Waals surface area contributed by atoms with Crippen LogP contribution in [0.4, 0.5) is 13.2 Å². The Balaban J connectivity index is 2.28. The first kappa shape index (κ1) is 19.6. The Kier molecular flexibility index (Phi) is 6.36. The van der Waals surface area contributed by atoms with Gasteiger partial charge in [0.05, 0.1) is 10.6 Å². The Bertz CT molecular complexity index is 729. The third-order valence-corrected chi connectivity index (χ3v) is 4.21. The monoisotopic (exact) mass is 371 g/mol. The van der Waals surface area contributed by atoms with Crippen LogP contribution >= 0.6 is 11.6 Å². The number of hydrogen-bond donors (Lipinski definition) is 0. The molecule has 6 heteroatoms. The standard InChI is InChI=1S/C19H21ClF3NO/c1-13-5-4-6-18(25-10-9-24(2)3)15(13)11-14-7-8-17(20)16(12-14)19(21,22)23/h4-8,12H,9-11H2,1-3H3. The fourth-order valence-corrected chi connectivity index (χ4v) is 2.70. The van der Waals surface area contributed by atoms with E-state index in [0.29, 0.717) is 24.3 Å². The van der Waals surface area contributed by atoms with Gasteiger partial charge in [0.1, 0.15) is 12.4 Å². The molecule has 0 N–H and O–H groups in total. The molecule has 0 radical (unpaired) electrons. The highest BCUT2D eigenvalue weighted by Gasteiger charge is 2.33. The molecule has 0 aliphatic carbocycles. The number of hydrogen-bond acceptors (Lipinski definition) is 2. The van der Waals surface area contributed by atoms with Crippen molar-refractivity contribution in [3.05, 3.63) is 63.7 Å². The summed E-state index contributed by atoms with van der Waals surface area (Å²) in [5.74, 6) is 0.699. The molecule has 2 aromatic rings. The second kappa shape index (κ2) is 8.11. The Morgan fingerprint density at radius 2 is 1.84 bits per heavy atom. The van der Waals surface area contributed by atoms with Crippen LogP contribution in [0.15, 0.2) is 36.4 Å². The largest absolute Gasteiger partial charge is 0.492 e. The zero-order chi connectivity index (χ0) is 18.6. The molecule has 0 spiro atoms. The fraction of sp³-hybridized carbons (Fsp3) is 0.368. The van der Waals surface area contributed by atoms with Gasteiger partial charge < -0.3 is 9.64 Å². The van der Waals surface area contributed by atoms with E-state index in [0.717, 1.165) is 23.7 Å². The van der Waals surface area contributed by atoms with Crippen LogP contribution in [-0.2, 0) is 12.6 Å². The molecule has 0 fully saturated rings. The number of likely N-dealkylation sites (N-methyl/N-ethyl adjacent to an activating group) is 1. The van der Waals surface area contributed by atoms with Crippen molar-refractivity contribution in [1.29, 1.82) is 0 Å². The van der Waals surface area contributed by atoms with Crippen molar-refractivity contribution in [3.8, 4) is 5.75 Å². The molecule has 0 heterocycles. The second-order valence-corrected chi connectivity index (χ2v) is 6.60. The van der Waals surface area contributed by atoms with E-state index in [9.17, 15) is 13.2 Å². The molecule has 2 rings (SSSR count). The quantitative estimate of drug-likeness (QED) is 0.692. The van der Waals surface area contributed by atoms with Gasteiger partial charge in [-0.2, -0.15) is 13.2 Å². The Labute approximate surface area is 151 Å². The van der Waals surface area contributed by atoms with Gasteiger partial charge in [-0.3, -0.25) is 0 Å². The minimum atomic E-state index is -4.47. The zero-order valence-electron chi connectivity index (χ0n) is 14.5. The van der Waals surface area contributed by atoms with Crippen LogP contribution in [0.2, 0.25) is 5.02 Å². The number of ether oxygens (including phenoxy) is 1. The molecule has 0 aliphatic rings. The summed E-state index contributed by atoms with van der Waals surface area (Å²) in [7, 11) is 3.90. The number of nitrogens with zero attached hydrogens (tertiary/aromatic N) is 1. The van der Waals surface area contributed by atoms with Crippen LogP contribution in [0, 0.1) is 6.92 Å². The first-order chi connectivity index (χ1) is 11.7. The molecule has 0 amide bonds. The number of halogens is 4. The summed E-state index contributed by atoms with van der Waals surface area (Å²) in [5, 5.41) is -0.288. The Hall–Kier alpha value is -1.72. The predicted octanol–water partition coefficient (Wildman–Crippen LogP) is 5.20. The molecular formula is C19H21ClF3NO. The van der Waals surface area contributed by atoms with Crippen LogP contribution in [-0.4, -0.2) is 32.1 Å². The van der Waals surface area contributed by atoms with Crippen LogP contribution in [0.5, 0.6) is 5.75 Å². The minimum Gasteiger partial charge on any atom is -0.492 e. The number of rotatable bonds is 6. The average Bonchev–Trinajstić information content (AvgIpc) is 2.50. The molecule has 25 heavy (non-hydrogen) atoms. The predicted molar refractivity (Wildman–Crippen MR) is 94.5 cm³/mol. The van der Waals surface area contributed by atoms with E-state index in [1.54, 1.807) is 6.07 Å². The van der Waals surface area contributed by atoms with Gasteiger partial charge in [0.2, 0.25) is 0 Å². The lowest BCUT2D eigenvalue weighted by Crippen LogP contribution is -2.19. The summed E-state index contributed by atoms with van der Waals surface area (Å²) >= 11 is 5.70. The molecule has 2 nitrogen and oxygen atoms in total. The number of aryl methyl sites for hydroxylation is 1. The van der Waals surface area contributed by atoms with Crippen molar-refractivity contribution in [2.75, 3.05) is 27.2 Å². The fourth-order valence-electron chi connectivity index (χ4n) is 2.48. The summed E-state index contributed by atoms with van der Waals surface area (Å²) in [6, 6.07) is 9.68. The molecule has 0 saturated heterocycles. The van der Waals surface area contributed by atoms with E-state index in [1.165, 1.54) is 6.07 Å². The Morgan fingerprint density at radius 1 is 1.12 bits per heavy atom. The summed E-state index contributed by atoms with van der Waals surface area (Å²) in [6.07, 6.45) is -4.12. The van der Waals surface area contributed by atoms with Crippen molar-refractivity contribution in [2.24, 2.45) is 0 Å². The molecule has 0 unspecified atom stereocenters. The van der Waals surface area contributed by atoms with Gasteiger partial charge in [0.25, 0.3) is 0 Å². The molecule has 0 aromatic heterocycles. The topological polar surface area (TPSA) is 12.5 Å². The SMILES string of the molecule is Cc1cccc(OCCN(C)C)c1Cc1ccc(Cl)c(C(F)(F)F)c1. The van der Waals surface area contributed by atoms with Crippen LogP contribution < -0.4 is 4.74 Å². The van der Waals surface area contributed by atoms with Crippen molar-refractivity contribution in [3.63, 3.8) is 0 Å². The van der Waals surface area contributed by atoms with E-state index in [-0.39, 0.29) is 5.02 Å². The Morgan fingerprint density at radius 3 is 2.48 bits per heavy atom. The molecule has 2 aromatic carbocycles. The maximum absolute atomic E-state index is 13.1.